The molecule has 0 spiro atoms. The SMILES string of the molecule is CCC(C#N)(CC)NC(=O)c1cc(F)cc(F)c1. The van der Waals surface area contributed by atoms with E-state index in [2.05, 4.69) is 5.32 Å². The maximum atomic E-state index is 13.0. The van der Waals surface area contributed by atoms with Crippen LogP contribution >= 0.6 is 0 Å². The molecular weight excluding hydrogens is 238 g/mol. The molecule has 0 bridgehead atoms. The number of rotatable bonds is 4. The molecule has 1 aromatic rings. The molecule has 18 heavy (non-hydrogen) atoms. The second kappa shape index (κ2) is 5.58. The van der Waals surface area contributed by atoms with Gasteiger partial charge in [-0.05, 0) is 25.0 Å². The number of nitriles is 1. The molecule has 96 valence electrons. The van der Waals surface area contributed by atoms with Gasteiger partial charge in [0.25, 0.3) is 5.91 Å². The molecule has 0 radical (unpaired) electrons. The van der Waals surface area contributed by atoms with Gasteiger partial charge in [0.15, 0.2) is 0 Å². The van der Waals surface area contributed by atoms with Crippen molar-refractivity contribution < 1.29 is 13.6 Å². The maximum Gasteiger partial charge on any atom is 0.252 e. The van der Waals surface area contributed by atoms with E-state index >= 15 is 0 Å². The second-order valence-corrected chi connectivity index (χ2v) is 4.01. The topological polar surface area (TPSA) is 52.9 Å². The van der Waals surface area contributed by atoms with Crippen LogP contribution in [0.25, 0.3) is 0 Å². The molecule has 3 nitrogen and oxygen atoms in total. The lowest BCUT2D eigenvalue weighted by molar-refractivity contribution is 0.0914. The Morgan fingerprint density at radius 1 is 1.28 bits per heavy atom. The summed E-state index contributed by atoms with van der Waals surface area (Å²) >= 11 is 0. The lowest BCUT2D eigenvalue weighted by Gasteiger charge is -2.24. The van der Waals surface area contributed by atoms with E-state index in [4.69, 9.17) is 5.26 Å². The van der Waals surface area contributed by atoms with Gasteiger partial charge in [0.1, 0.15) is 17.2 Å². The molecule has 0 saturated heterocycles. The summed E-state index contributed by atoms with van der Waals surface area (Å²) in [6.45, 7) is 3.53. The van der Waals surface area contributed by atoms with Gasteiger partial charge in [0, 0.05) is 11.6 Å². The summed E-state index contributed by atoms with van der Waals surface area (Å²) < 4.78 is 26.0. The zero-order valence-electron chi connectivity index (χ0n) is 10.3. The Hall–Kier alpha value is -1.96. The van der Waals surface area contributed by atoms with Crippen LogP contribution in [-0.4, -0.2) is 11.4 Å². The molecule has 1 aromatic carbocycles. The third-order valence-electron chi connectivity index (χ3n) is 2.90. The van der Waals surface area contributed by atoms with Gasteiger partial charge >= 0.3 is 0 Å². The first-order valence-electron chi connectivity index (χ1n) is 5.66. The van der Waals surface area contributed by atoms with Gasteiger partial charge in [0.2, 0.25) is 0 Å². The molecule has 0 aliphatic carbocycles. The zero-order chi connectivity index (χ0) is 13.8. The van der Waals surface area contributed by atoms with Crippen molar-refractivity contribution in [3.8, 4) is 6.07 Å². The van der Waals surface area contributed by atoms with Crippen molar-refractivity contribution in [3.05, 3.63) is 35.4 Å². The van der Waals surface area contributed by atoms with E-state index in [1.807, 2.05) is 6.07 Å². The first-order chi connectivity index (χ1) is 8.46. The highest BCUT2D eigenvalue weighted by molar-refractivity contribution is 5.95. The fourth-order valence-electron chi connectivity index (χ4n) is 1.59. The van der Waals surface area contributed by atoms with Gasteiger partial charge < -0.3 is 5.32 Å². The lowest BCUT2D eigenvalue weighted by atomic mass is 9.94. The van der Waals surface area contributed by atoms with E-state index < -0.39 is 23.1 Å². The van der Waals surface area contributed by atoms with Crippen LogP contribution in [0.1, 0.15) is 37.0 Å². The third kappa shape index (κ3) is 3.04. The van der Waals surface area contributed by atoms with E-state index in [1.54, 1.807) is 13.8 Å². The van der Waals surface area contributed by atoms with Crippen molar-refractivity contribution in [1.29, 1.82) is 5.26 Å². The van der Waals surface area contributed by atoms with Crippen molar-refractivity contribution in [2.24, 2.45) is 0 Å². The van der Waals surface area contributed by atoms with Gasteiger partial charge in [-0.3, -0.25) is 4.79 Å². The largest absolute Gasteiger partial charge is 0.334 e. The van der Waals surface area contributed by atoms with Gasteiger partial charge in [0.05, 0.1) is 6.07 Å². The molecule has 0 fully saturated rings. The first-order valence-corrected chi connectivity index (χ1v) is 5.66. The molecule has 5 heteroatoms. The number of carbonyl (C=O) groups excluding carboxylic acids is 1. The van der Waals surface area contributed by atoms with Crippen molar-refractivity contribution in [1.82, 2.24) is 5.32 Å². The highest BCUT2D eigenvalue weighted by atomic mass is 19.1. The number of hydrogen-bond acceptors (Lipinski definition) is 2. The highest BCUT2D eigenvalue weighted by Crippen LogP contribution is 2.16. The fraction of sp³-hybridized carbons (Fsp3) is 0.385. The Labute approximate surface area is 104 Å². The molecule has 0 unspecified atom stereocenters. The second-order valence-electron chi connectivity index (χ2n) is 4.01. The van der Waals surface area contributed by atoms with Crippen LogP contribution in [0, 0.1) is 23.0 Å². The molecule has 0 aromatic heterocycles. The molecule has 1 amide bonds. The maximum absolute atomic E-state index is 13.0. The van der Waals surface area contributed by atoms with E-state index in [9.17, 15) is 13.6 Å². The van der Waals surface area contributed by atoms with Crippen LogP contribution in [0.4, 0.5) is 8.78 Å². The number of halogens is 2. The van der Waals surface area contributed by atoms with Crippen molar-refractivity contribution in [2.75, 3.05) is 0 Å². The molecule has 1 N–H and O–H groups in total. The van der Waals surface area contributed by atoms with Gasteiger partial charge in [-0.25, -0.2) is 8.78 Å². The molecule has 1 rings (SSSR count). The lowest BCUT2D eigenvalue weighted by Crippen LogP contribution is -2.46. The molecule has 0 aliphatic heterocycles. The number of carbonyl (C=O) groups is 1. The number of amides is 1. The molecule has 0 saturated carbocycles. The fourth-order valence-corrected chi connectivity index (χ4v) is 1.59. The Kier molecular flexibility index (Phi) is 4.38. The molecule has 0 heterocycles. The predicted molar refractivity (Wildman–Crippen MR) is 62.8 cm³/mol. The Balaban J connectivity index is 2.98. The van der Waals surface area contributed by atoms with Crippen molar-refractivity contribution >= 4 is 5.91 Å². The van der Waals surface area contributed by atoms with Gasteiger partial charge in [-0.15, -0.1) is 0 Å². The van der Waals surface area contributed by atoms with Crippen LogP contribution in [-0.2, 0) is 0 Å². The van der Waals surface area contributed by atoms with E-state index in [-0.39, 0.29) is 5.56 Å². The average Bonchev–Trinajstić information content (AvgIpc) is 2.35. The monoisotopic (exact) mass is 252 g/mol. The summed E-state index contributed by atoms with van der Waals surface area (Å²) in [4.78, 5) is 11.8. The van der Waals surface area contributed by atoms with E-state index in [0.29, 0.717) is 18.9 Å². The summed E-state index contributed by atoms with van der Waals surface area (Å²) in [6, 6.07) is 4.59. The zero-order valence-corrected chi connectivity index (χ0v) is 10.3. The van der Waals surface area contributed by atoms with Gasteiger partial charge in [-0.1, -0.05) is 13.8 Å². The Bertz CT molecular complexity index is 470. The average molecular weight is 252 g/mol. The van der Waals surface area contributed by atoms with Crippen LogP contribution in [0.3, 0.4) is 0 Å². The molecule has 0 atom stereocenters. The molecule has 0 aliphatic rings. The number of nitrogens with zero attached hydrogens (tertiary/aromatic N) is 1. The minimum atomic E-state index is -1.00. The number of hydrogen-bond donors (Lipinski definition) is 1. The standard InChI is InChI=1S/C13H14F2N2O/c1-3-13(4-2,8-16)17-12(18)9-5-10(14)7-11(15)6-9/h5-7H,3-4H2,1-2H3,(H,17,18). The summed E-state index contributed by atoms with van der Waals surface area (Å²) in [6.07, 6.45) is 0.840. The first kappa shape index (κ1) is 14.1. The Morgan fingerprint density at radius 2 is 1.78 bits per heavy atom. The summed E-state index contributed by atoms with van der Waals surface area (Å²) in [5.41, 5.74) is -1.13. The summed E-state index contributed by atoms with van der Waals surface area (Å²) in [5.74, 6) is -2.30. The normalized spacial score (nSPS) is 10.8. The minimum Gasteiger partial charge on any atom is -0.334 e. The molecular formula is C13H14F2N2O. The Morgan fingerprint density at radius 3 is 2.17 bits per heavy atom. The quantitative estimate of drug-likeness (QED) is 0.895. The third-order valence-corrected chi connectivity index (χ3v) is 2.90. The predicted octanol–water partition coefficient (Wildman–Crippen LogP) is 2.78. The van der Waals surface area contributed by atoms with Crippen LogP contribution in [0.2, 0.25) is 0 Å². The van der Waals surface area contributed by atoms with Crippen LogP contribution < -0.4 is 5.32 Å². The van der Waals surface area contributed by atoms with Gasteiger partial charge in [-0.2, -0.15) is 5.26 Å². The van der Waals surface area contributed by atoms with E-state index in [1.165, 1.54) is 0 Å². The van der Waals surface area contributed by atoms with Crippen molar-refractivity contribution in [3.63, 3.8) is 0 Å². The smallest absolute Gasteiger partial charge is 0.252 e. The number of benzene rings is 1. The van der Waals surface area contributed by atoms with Crippen LogP contribution in [0.5, 0.6) is 0 Å². The van der Waals surface area contributed by atoms with Crippen molar-refractivity contribution in [2.45, 2.75) is 32.2 Å². The highest BCUT2D eigenvalue weighted by Gasteiger charge is 2.28. The number of nitrogens with one attached hydrogen (secondary N) is 1. The minimum absolute atomic E-state index is 0.131. The summed E-state index contributed by atoms with van der Waals surface area (Å²) in [7, 11) is 0. The van der Waals surface area contributed by atoms with Crippen LogP contribution in [0.15, 0.2) is 18.2 Å². The van der Waals surface area contributed by atoms with E-state index in [0.717, 1.165) is 12.1 Å². The summed E-state index contributed by atoms with van der Waals surface area (Å²) in [5, 5.41) is 11.6.